The molecule has 19 heavy (non-hydrogen) atoms. The van der Waals surface area contributed by atoms with Crippen molar-refractivity contribution in [2.75, 3.05) is 6.54 Å². The van der Waals surface area contributed by atoms with Crippen molar-refractivity contribution in [2.45, 2.75) is 13.1 Å². The number of rotatable bonds is 5. The van der Waals surface area contributed by atoms with Gasteiger partial charge < -0.3 is 9.88 Å². The normalized spacial score (nSPS) is 10.9. The molecule has 0 amide bonds. The molecule has 0 saturated carbocycles. The molecule has 3 aromatic rings. The maximum absolute atomic E-state index is 4.38. The molecule has 0 bridgehead atoms. The van der Waals surface area contributed by atoms with Gasteiger partial charge in [0.1, 0.15) is 0 Å². The van der Waals surface area contributed by atoms with Crippen molar-refractivity contribution in [3.63, 3.8) is 0 Å². The molecule has 0 fully saturated rings. The highest BCUT2D eigenvalue weighted by Crippen LogP contribution is 2.10. The molecule has 0 saturated heterocycles. The minimum atomic E-state index is 0.799. The molecule has 0 aliphatic rings. The minimum absolute atomic E-state index is 0.799. The third-order valence-corrected chi connectivity index (χ3v) is 3.09. The van der Waals surface area contributed by atoms with E-state index in [0.717, 1.165) is 30.8 Å². The largest absolute Gasteiger partial charge is 0.329 e. The Balaban J connectivity index is 1.55. The number of nitrogens with zero attached hydrogens (tertiary/aromatic N) is 3. The van der Waals surface area contributed by atoms with Crippen LogP contribution in [0.2, 0.25) is 0 Å². The second-order valence-corrected chi connectivity index (χ2v) is 4.42. The average Bonchev–Trinajstić information content (AvgIpc) is 2.88. The molecular formula is C15H16N4. The topological polar surface area (TPSA) is 42.7 Å². The molecule has 2 heterocycles. The van der Waals surface area contributed by atoms with Crippen LogP contribution >= 0.6 is 0 Å². The highest BCUT2D eigenvalue weighted by atomic mass is 15.1. The van der Waals surface area contributed by atoms with Crippen LogP contribution in [0.3, 0.4) is 0 Å². The molecule has 0 aliphatic carbocycles. The summed E-state index contributed by atoms with van der Waals surface area (Å²) in [6.45, 7) is 2.61. The molecule has 3 rings (SSSR count). The van der Waals surface area contributed by atoms with E-state index >= 15 is 0 Å². The summed E-state index contributed by atoms with van der Waals surface area (Å²) in [5.41, 5.74) is 3.30. The summed E-state index contributed by atoms with van der Waals surface area (Å²) in [4.78, 5) is 8.66. The van der Waals surface area contributed by atoms with Gasteiger partial charge in [0, 0.05) is 25.8 Å². The van der Waals surface area contributed by atoms with Gasteiger partial charge in [0.05, 0.1) is 23.1 Å². The quantitative estimate of drug-likeness (QED) is 0.708. The summed E-state index contributed by atoms with van der Waals surface area (Å²) in [5.74, 6) is 0. The molecule has 4 nitrogen and oxygen atoms in total. The zero-order chi connectivity index (χ0) is 12.9. The summed E-state index contributed by atoms with van der Waals surface area (Å²) < 4.78 is 2.17. The first-order valence-corrected chi connectivity index (χ1v) is 6.44. The predicted molar refractivity (Wildman–Crippen MR) is 75.7 cm³/mol. The van der Waals surface area contributed by atoms with Crippen molar-refractivity contribution in [1.29, 1.82) is 0 Å². The second-order valence-electron chi connectivity index (χ2n) is 4.42. The number of aromatic nitrogens is 3. The fraction of sp³-hybridized carbons (Fsp3) is 0.200. The zero-order valence-electron chi connectivity index (χ0n) is 10.7. The lowest BCUT2D eigenvalue weighted by atomic mass is 10.3. The number of pyridine rings is 1. The van der Waals surface area contributed by atoms with E-state index in [1.54, 1.807) is 0 Å². The highest BCUT2D eigenvalue weighted by Gasteiger charge is 2.00. The van der Waals surface area contributed by atoms with E-state index in [4.69, 9.17) is 0 Å². The molecule has 2 aromatic heterocycles. The highest BCUT2D eigenvalue weighted by molar-refractivity contribution is 5.74. The first-order chi connectivity index (χ1) is 9.43. The maximum Gasteiger partial charge on any atom is 0.0958 e. The fourth-order valence-electron chi connectivity index (χ4n) is 2.11. The van der Waals surface area contributed by atoms with E-state index in [1.165, 1.54) is 5.52 Å². The second kappa shape index (κ2) is 5.63. The first kappa shape index (κ1) is 11.9. The van der Waals surface area contributed by atoms with Gasteiger partial charge >= 0.3 is 0 Å². The summed E-state index contributed by atoms with van der Waals surface area (Å²) >= 11 is 0. The van der Waals surface area contributed by atoms with Crippen molar-refractivity contribution < 1.29 is 0 Å². The Hall–Kier alpha value is -2.20. The van der Waals surface area contributed by atoms with E-state index in [-0.39, 0.29) is 0 Å². The van der Waals surface area contributed by atoms with E-state index in [9.17, 15) is 0 Å². The van der Waals surface area contributed by atoms with Crippen LogP contribution in [0.25, 0.3) is 11.0 Å². The van der Waals surface area contributed by atoms with Gasteiger partial charge in [0.25, 0.3) is 0 Å². The average molecular weight is 252 g/mol. The Morgan fingerprint density at radius 3 is 2.79 bits per heavy atom. The van der Waals surface area contributed by atoms with Crippen LogP contribution in [0.1, 0.15) is 5.69 Å². The molecule has 96 valence electrons. The first-order valence-electron chi connectivity index (χ1n) is 6.44. The van der Waals surface area contributed by atoms with Gasteiger partial charge in [0.15, 0.2) is 0 Å². The summed E-state index contributed by atoms with van der Waals surface area (Å²) in [7, 11) is 0. The van der Waals surface area contributed by atoms with Crippen LogP contribution in [-0.2, 0) is 13.1 Å². The van der Waals surface area contributed by atoms with Crippen LogP contribution < -0.4 is 5.32 Å². The lowest BCUT2D eigenvalue weighted by molar-refractivity contribution is 0.601. The van der Waals surface area contributed by atoms with Crippen molar-refractivity contribution >= 4 is 11.0 Å². The Bertz CT molecular complexity index is 645. The summed E-state index contributed by atoms with van der Waals surface area (Å²) in [5, 5.41) is 3.39. The van der Waals surface area contributed by atoms with Crippen LogP contribution in [0.5, 0.6) is 0 Å². The van der Waals surface area contributed by atoms with Crippen LogP contribution in [0, 0.1) is 0 Å². The number of hydrogen-bond acceptors (Lipinski definition) is 3. The fourth-order valence-corrected chi connectivity index (χ4v) is 2.11. The van der Waals surface area contributed by atoms with E-state index in [2.05, 4.69) is 25.9 Å². The number of benzene rings is 1. The third kappa shape index (κ3) is 2.80. The maximum atomic E-state index is 4.38. The molecule has 1 aromatic carbocycles. The van der Waals surface area contributed by atoms with Gasteiger partial charge in [-0.15, -0.1) is 0 Å². The summed E-state index contributed by atoms with van der Waals surface area (Å²) in [6.07, 6.45) is 3.72. The number of nitrogens with one attached hydrogen (secondary N) is 1. The van der Waals surface area contributed by atoms with Crippen molar-refractivity contribution in [3.05, 3.63) is 60.7 Å². The number of imidazole rings is 1. The van der Waals surface area contributed by atoms with Gasteiger partial charge in [-0.05, 0) is 24.3 Å². The number of hydrogen-bond donors (Lipinski definition) is 1. The monoisotopic (exact) mass is 252 g/mol. The SMILES string of the molecule is c1ccc(CNCCn2cnc3ccccc32)nc1. The van der Waals surface area contributed by atoms with Gasteiger partial charge in [-0.2, -0.15) is 0 Å². The van der Waals surface area contributed by atoms with Gasteiger partial charge in [0.2, 0.25) is 0 Å². The lowest BCUT2D eigenvalue weighted by Gasteiger charge is -2.06. The zero-order valence-corrected chi connectivity index (χ0v) is 10.7. The number of fused-ring (bicyclic) bond motifs is 1. The lowest BCUT2D eigenvalue weighted by Crippen LogP contribution is -2.19. The van der Waals surface area contributed by atoms with Gasteiger partial charge in [-0.1, -0.05) is 18.2 Å². The molecular weight excluding hydrogens is 236 g/mol. The van der Waals surface area contributed by atoms with Crippen LogP contribution in [-0.4, -0.2) is 21.1 Å². The van der Waals surface area contributed by atoms with Crippen molar-refractivity contribution in [2.24, 2.45) is 0 Å². The Labute approximate surface area is 112 Å². The van der Waals surface area contributed by atoms with Gasteiger partial charge in [-0.25, -0.2) is 4.98 Å². The summed E-state index contributed by atoms with van der Waals surface area (Å²) in [6, 6.07) is 14.2. The van der Waals surface area contributed by atoms with Crippen LogP contribution in [0.15, 0.2) is 55.0 Å². The Kier molecular flexibility index (Phi) is 3.51. The third-order valence-electron chi connectivity index (χ3n) is 3.09. The van der Waals surface area contributed by atoms with Crippen molar-refractivity contribution in [3.8, 4) is 0 Å². The van der Waals surface area contributed by atoms with E-state index < -0.39 is 0 Å². The predicted octanol–water partition coefficient (Wildman–Crippen LogP) is 2.22. The number of para-hydroxylation sites is 2. The molecule has 0 radical (unpaired) electrons. The standard InChI is InChI=1S/C15H16N4/c1-2-7-15-14(6-1)18-12-19(15)10-9-16-11-13-5-3-4-8-17-13/h1-8,12,16H,9-11H2. The van der Waals surface area contributed by atoms with E-state index in [0.29, 0.717) is 0 Å². The molecule has 0 aliphatic heterocycles. The van der Waals surface area contributed by atoms with Gasteiger partial charge in [-0.3, -0.25) is 4.98 Å². The smallest absolute Gasteiger partial charge is 0.0958 e. The minimum Gasteiger partial charge on any atom is -0.329 e. The molecule has 1 N–H and O–H groups in total. The van der Waals surface area contributed by atoms with Crippen molar-refractivity contribution in [1.82, 2.24) is 19.9 Å². The van der Waals surface area contributed by atoms with Crippen LogP contribution in [0.4, 0.5) is 0 Å². The Morgan fingerprint density at radius 2 is 1.89 bits per heavy atom. The Morgan fingerprint density at radius 1 is 1.00 bits per heavy atom. The molecule has 0 unspecified atom stereocenters. The molecule has 0 atom stereocenters. The molecule has 4 heteroatoms. The van der Waals surface area contributed by atoms with E-state index in [1.807, 2.05) is 48.9 Å². The molecule has 0 spiro atoms.